The summed E-state index contributed by atoms with van der Waals surface area (Å²) in [6, 6.07) is 2.57. The molecule has 17 heavy (non-hydrogen) atoms. The highest BCUT2D eigenvalue weighted by atomic mass is 35.5. The number of halogens is 2. The molecular weight excluding hydrogens is 247 g/mol. The van der Waals surface area contributed by atoms with Gasteiger partial charge in [-0.1, -0.05) is 18.2 Å². The molecule has 0 aliphatic carbocycles. The molecule has 0 unspecified atom stereocenters. The van der Waals surface area contributed by atoms with Gasteiger partial charge in [-0.2, -0.15) is 0 Å². The Labute approximate surface area is 101 Å². The molecule has 0 aliphatic heterocycles. The number of hydrogen-bond donors (Lipinski definition) is 1. The van der Waals surface area contributed by atoms with Crippen LogP contribution < -0.4 is 5.56 Å². The fraction of sp³-hybridized carbons (Fsp3) is 0.0909. The number of nitrogens with zero attached hydrogens (tertiary/aromatic N) is 1. The summed E-state index contributed by atoms with van der Waals surface area (Å²) in [6.07, 6.45) is 0. The number of fused-ring (bicyclic) bond motifs is 1. The first-order valence-corrected chi connectivity index (χ1v) is 5.03. The van der Waals surface area contributed by atoms with Gasteiger partial charge in [0.05, 0.1) is 23.7 Å². The Morgan fingerprint density at radius 2 is 2.29 bits per heavy atom. The summed E-state index contributed by atoms with van der Waals surface area (Å²) in [6.45, 7) is 3.56. The molecule has 6 heteroatoms. The predicted octanol–water partition coefficient (Wildman–Crippen LogP) is 2.33. The topological polar surface area (TPSA) is 55.0 Å². The number of methoxy groups -OCH3 is 1. The number of benzene rings is 1. The molecule has 0 aliphatic rings. The number of ether oxygens (including phenoxy) is 1. The summed E-state index contributed by atoms with van der Waals surface area (Å²) in [5, 5.41) is -0.196. The summed E-state index contributed by atoms with van der Waals surface area (Å²) in [7, 11) is 1.39. The largest absolute Gasteiger partial charge is 0.497 e. The minimum atomic E-state index is -0.558. The van der Waals surface area contributed by atoms with E-state index in [1.54, 1.807) is 0 Å². The molecule has 88 valence electrons. The van der Waals surface area contributed by atoms with E-state index < -0.39 is 11.4 Å². The molecule has 0 atom stereocenters. The first-order valence-electron chi connectivity index (χ1n) is 4.65. The lowest BCUT2D eigenvalue weighted by molar-refractivity contribution is 0.368. The average Bonchev–Trinajstić information content (AvgIpc) is 2.30. The fourth-order valence-electron chi connectivity index (χ4n) is 1.41. The van der Waals surface area contributed by atoms with E-state index >= 15 is 0 Å². The zero-order valence-corrected chi connectivity index (χ0v) is 9.64. The van der Waals surface area contributed by atoms with Crippen molar-refractivity contribution in [3.05, 3.63) is 45.6 Å². The van der Waals surface area contributed by atoms with Gasteiger partial charge in [0.1, 0.15) is 11.6 Å². The Balaban J connectivity index is 2.76. The zero-order valence-electron chi connectivity index (χ0n) is 8.88. The molecule has 0 radical (unpaired) electrons. The molecule has 0 spiro atoms. The van der Waals surface area contributed by atoms with E-state index in [1.165, 1.54) is 13.2 Å². The van der Waals surface area contributed by atoms with Crippen LogP contribution in [0, 0.1) is 5.82 Å². The standard InChI is InChI=1S/C11H8ClFN2O2/c1-5(17-2)6-3-8-9(4-7(6)13)15-11(16)10(12)14-8/h3-4H,1H2,2H3,(H,15,16). The summed E-state index contributed by atoms with van der Waals surface area (Å²) in [5.41, 5.74) is 0.251. The van der Waals surface area contributed by atoms with Crippen molar-refractivity contribution in [3.8, 4) is 0 Å². The number of aromatic amines is 1. The quantitative estimate of drug-likeness (QED) is 0.837. The summed E-state index contributed by atoms with van der Waals surface area (Å²) in [4.78, 5) is 17.5. The van der Waals surface area contributed by atoms with Crippen LogP contribution >= 0.6 is 11.6 Å². The van der Waals surface area contributed by atoms with E-state index in [0.29, 0.717) is 5.52 Å². The Morgan fingerprint density at radius 1 is 1.59 bits per heavy atom. The number of rotatable bonds is 2. The molecule has 4 nitrogen and oxygen atoms in total. The lowest BCUT2D eigenvalue weighted by atomic mass is 10.1. The van der Waals surface area contributed by atoms with Crippen LogP contribution in [0.5, 0.6) is 0 Å². The number of hydrogen-bond acceptors (Lipinski definition) is 3. The maximum Gasteiger partial charge on any atom is 0.286 e. The lowest BCUT2D eigenvalue weighted by Gasteiger charge is -2.07. The van der Waals surface area contributed by atoms with Crippen LogP contribution in [0.1, 0.15) is 5.56 Å². The third-order valence-electron chi connectivity index (χ3n) is 2.29. The number of aromatic nitrogens is 2. The predicted molar refractivity (Wildman–Crippen MR) is 63.4 cm³/mol. The van der Waals surface area contributed by atoms with E-state index in [-0.39, 0.29) is 22.0 Å². The van der Waals surface area contributed by atoms with Crippen LogP contribution in [-0.2, 0) is 4.74 Å². The van der Waals surface area contributed by atoms with E-state index in [1.807, 2.05) is 0 Å². The van der Waals surface area contributed by atoms with Gasteiger partial charge in [0.25, 0.3) is 5.56 Å². The highest BCUT2D eigenvalue weighted by Gasteiger charge is 2.11. The van der Waals surface area contributed by atoms with Gasteiger partial charge in [-0.25, -0.2) is 9.37 Å². The SMILES string of the molecule is C=C(OC)c1cc2nc(Cl)c(=O)[nH]c2cc1F. The second-order valence-corrected chi connectivity index (χ2v) is 3.69. The van der Waals surface area contributed by atoms with Crippen molar-refractivity contribution in [1.82, 2.24) is 9.97 Å². The molecule has 0 fully saturated rings. The molecule has 1 heterocycles. The van der Waals surface area contributed by atoms with Gasteiger partial charge in [-0.05, 0) is 6.07 Å². The third kappa shape index (κ3) is 2.01. The Kier molecular flexibility index (Phi) is 2.85. The van der Waals surface area contributed by atoms with Gasteiger partial charge in [0.2, 0.25) is 0 Å². The van der Waals surface area contributed by atoms with Gasteiger partial charge in [-0.3, -0.25) is 4.79 Å². The van der Waals surface area contributed by atoms with Crippen LogP contribution in [-0.4, -0.2) is 17.1 Å². The summed E-state index contributed by atoms with van der Waals surface area (Å²) in [5.74, 6) is -0.377. The van der Waals surface area contributed by atoms with Gasteiger partial charge < -0.3 is 9.72 Å². The van der Waals surface area contributed by atoms with Crippen LogP contribution in [0.15, 0.2) is 23.5 Å². The second-order valence-electron chi connectivity index (χ2n) is 3.33. The molecule has 0 saturated heterocycles. The van der Waals surface area contributed by atoms with Crippen molar-refractivity contribution in [3.63, 3.8) is 0 Å². The summed E-state index contributed by atoms with van der Waals surface area (Å²) >= 11 is 5.59. The maximum absolute atomic E-state index is 13.7. The average molecular weight is 255 g/mol. The van der Waals surface area contributed by atoms with Crippen molar-refractivity contribution >= 4 is 28.4 Å². The Morgan fingerprint density at radius 3 is 2.94 bits per heavy atom. The van der Waals surface area contributed by atoms with Gasteiger partial charge in [0.15, 0.2) is 5.15 Å². The fourth-order valence-corrected chi connectivity index (χ4v) is 1.55. The molecule has 1 aromatic heterocycles. The monoisotopic (exact) mass is 254 g/mol. The summed E-state index contributed by atoms with van der Waals surface area (Å²) < 4.78 is 18.5. The van der Waals surface area contributed by atoms with Gasteiger partial charge in [-0.15, -0.1) is 0 Å². The van der Waals surface area contributed by atoms with E-state index in [2.05, 4.69) is 16.5 Å². The molecular formula is C11H8ClFN2O2. The maximum atomic E-state index is 13.7. The van der Waals surface area contributed by atoms with E-state index in [9.17, 15) is 9.18 Å². The zero-order chi connectivity index (χ0) is 12.6. The van der Waals surface area contributed by atoms with Crippen LogP contribution in [0.25, 0.3) is 16.8 Å². The third-order valence-corrected chi connectivity index (χ3v) is 2.54. The molecule has 2 rings (SSSR count). The van der Waals surface area contributed by atoms with Crippen LogP contribution in [0.2, 0.25) is 5.15 Å². The smallest absolute Gasteiger partial charge is 0.286 e. The second kappa shape index (κ2) is 4.18. The molecule has 1 N–H and O–H groups in total. The van der Waals surface area contributed by atoms with Gasteiger partial charge >= 0.3 is 0 Å². The van der Waals surface area contributed by atoms with Crippen molar-refractivity contribution in [2.24, 2.45) is 0 Å². The molecule has 2 aromatic rings. The molecule has 0 amide bonds. The van der Waals surface area contributed by atoms with Crippen LogP contribution in [0.3, 0.4) is 0 Å². The van der Waals surface area contributed by atoms with Crippen molar-refractivity contribution in [1.29, 1.82) is 0 Å². The van der Waals surface area contributed by atoms with Crippen LogP contribution in [0.4, 0.5) is 4.39 Å². The highest BCUT2D eigenvalue weighted by Crippen LogP contribution is 2.22. The van der Waals surface area contributed by atoms with Gasteiger partial charge in [0, 0.05) is 6.07 Å². The molecule has 0 bridgehead atoms. The number of H-pyrrole nitrogens is 1. The molecule has 1 aromatic carbocycles. The van der Waals surface area contributed by atoms with Crippen molar-refractivity contribution in [2.75, 3.05) is 7.11 Å². The first-order chi connectivity index (χ1) is 8.02. The van der Waals surface area contributed by atoms with Crippen molar-refractivity contribution < 1.29 is 9.13 Å². The van der Waals surface area contributed by atoms with E-state index in [4.69, 9.17) is 16.3 Å². The lowest BCUT2D eigenvalue weighted by Crippen LogP contribution is -2.08. The molecule has 0 saturated carbocycles. The first kappa shape index (κ1) is 11.6. The normalized spacial score (nSPS) is 10.5. The highest BCUT2D eigenvalue weighted by molar-refractivity contribution is 6.29. The van der Waals surface area contributed by atoms with Crippen molar-refractivity contribution in [2.45, 2.75) is 0 Å². The minimum Gasteiger partial charge on any atom is -0.497 e. The number of nitrogens with one attached hydrogen (secondary N) is 1. The Bertz CT molecular complexity index is 666. The van der Waals surface area contributed by atoms with E-state index in [0.717, 1.165) is 6.07 Å². The Hall–Kier alpha value is -1.88. The minimum absolute atomic E-state index is 0.175.